The van der Waals surface area contributed by atoms with E-state index in [1.54, 1.807) is 29.2 Å². The quantitative estimate of drug-likeness (QED) is 0.708. The van der Waals surface area contributed by atoms with Gasteiger partial charge in [0.1, 0.15) is 5.75 Å². The van der Waals surface area contributed by atoms with Crippen molar-refractivity contribution in [3.8, 4) is 5.75 Å². The Morgan fingerprint density at radius 2 is 1.55 bits per heavy atom. The molecule has 0 spiro atoms. The summed E-state index contributed by atoms with van der Waals surface area (Å²) in [4.78, 5) is 25.9. The standard InChI is InChI=1S/C22H27N3O5S/c1-16(26)23-17-7-9-18(10-8-17)24-31(28,29)19-11-12-21(30-2)20(15-19)22(27)25-13-5-3-4-6-14-25/h7-12,15,24H,3-6,13-14H2,1-2H3,(H,23,26). The first kappa shape index (κ1) is 22.6. The van der Waals surface area contributed by atoms with Crippen molar-refractivity contribution in [2.45, 2.75) is 37.5 Å². The SMILES string of the molecule is COc1ccc(S(=O)(=O)Nc2ccc(NC(C)=O)cc2)cc1C(=O)N1CCCCCC1. The number of nitrogens with zero attached hydrogens (tertiary/aromatic N) is 1. The molecule has 2 aromatic carbocycles. The molecule has 1 heterocycles. The predicted molar refractivity (Wildman–Crippen MR) is 119 cm³/mol. The van der Waals surface area contributed by atoms with Gasteiger partial charge in [-0.1, -0.05) is 12.8 Å². The number of carbonyl (C=O) groups excluding carboxylic acids is 2. The Kier molecular flexibility index (Phi) is 7.17. The molecule has 9 heteroatoms. The Hall–Kier alpha value is -3.07. The molecule has 2 aromatic rings. The molecule has 31 heavy (non-hydrogen) atoms. The number of rotatable bonds is 6. The van der Waals surface area contributed by atoms with Crippen LogP contribution in [0.15, 0.2) is 47.4 Å². The van der Waals surface area contributed by atoms with E-state index >= 15 is 0 Å². The van der Waals surface area contributed by atoms with Crippen LogP contribution >= 0.6 is 0 Å². The predicted octanol–water partition coefficient (Wildman–Crippen LogP) is 3.47. The van der Waals surface area contributed by atoms with Gasteiger partial charge in [0.15, 0.2) is 0 Å². The Balaban J connectivity index is 1.84. The minimum Gasteiger partial charge on any atom is -0.496 e. The van der Waals surface area contributed by atoms with Crippen molar-refractivity contribution < 1.29 is 22.7 Å². The highest BCUT2D eigenvalue weighted by molar-refractivity contribution is 7.92. The van der Waals surface area contributed by atoms with Gasteiger partial charge in [0.25, 0.3) is 15.9 Å². The molecule has 1 saturated heterocycles. The van der Waals surface area contributed by atoms with Gasteiger partial charge < -0.3 is 15.0 Å². The van der Waals surface area contributed by atoms with Crippen LogP contribution in [0.4, 0.5) is 11.4 Å². The van der Waals surface area contributed by atoms with Crippen LogP contribution in [-0.4, -0.2) is 45.3 Å². The number of ether oxygens (including phenoxy) is 1. The van der Waals surface area contributed by atoms with Crippen LogP contribution in [0.2, 0.25) is 0 Å². The monoisotopic (exact) mass is 445 g/mol. The molecular weight excluding hydrogens is 418 g/mol. The second-order valence-corrected chi connectivity index (χ2v) is 9.11. The molecule has 0 aliphatic carbocycles. The number of amides is 2. The van der Waals surface area contributed by atoms with E-state index in [0.717, 1.165) is 25.7 Å². The third kappa shape index (κ3) is 5.75. The maximum Gasteiger partial charge on any atom is 0.261 e. The van der Waals surface area contributed by atoms with E-state index in [1.165, 1.54) is 32.2 Å². The number of nitrogens with one attached hydrogen (secondary N) is 2. The van der Waals surface area contributed by atoms with Crippen LogP contribution in [0, 0.1) is 0 Å². The van der Waals surface area contributed by atoms with Crippen molar-refractivity contribution in [1.82, 2.24) is 4.90 Å². The molecule has 0 aromatic heterocycles. The van der Waals surface area contributed by atoms with Gasteiger partial charge in [0.2, 0.25) is 5.91 Å². The van der Waals surface area contributed by atoms with Crippen LogP contribution in [-0.2, 0) is 14.8 Å². The lowest BCUT2D eigenvalue weighted by atomic mass is 10.1. The smallest absolute Gasteiger partial charge is 0.261 e. The van der Waals surface area contributed by atoms with Gasteiger partial charge in [0.05, 0.1) is 17.6 Å². The van der Waals surface area contributed by atoms with E-state index < -0.39 is 10.0 Å². The lowest BCUT2D eigenvalue weighted by molar-refractivity contribution is -0.114. The molecular formula is C22H27N3O5S. The Labute approximate surface area is 182 Å². The van der Waals surface area contributed by atoms with E-state index in [-0.39, 0.29) is 22.3 Å². The summed E-state index contributed by atoms with van der Waals surface area (Å²) in [5, 5.41) is 2.62. The minimum atomic E-state index is -3.93. The Morgan fingerprint density at radius 3 is 2.13 bits per heavy atom. The Bertz CT molecular complexity index is 1040. The summed E-state index contributed by atoms with van der Waals surface area (Å²) in [5.74, 6) is -0.100. The third-order valence-corrected chi connectivity index (χ3v) is 6.44. The molecule has 0 atom stereocenters. The molecule has 0 saturated carbocycles. The Morgan fingerprint density at radius 1 is 0.935 bits per heavy atom. The van der Waals surface area contributed by atoms with E-state index in [2.05, 4.69) is 10.0 Å². The minimum absolute atomic E-state index is 0.0302. The van der Waals surface area contributed by atoms with E-state index in [9.17, 15) is 18.0 Å². The van der Waals surface area contributed by atoms with Crippen LogP contribution in [0.1, 0.15) is 43.0 Å². The summed E-state index contributed by atoms with van der Waals surface area (Å²) >= 11 is 0. The fourth-order valence-electron chi connectivity index (χ4n) is 3.50. The van der Waals surface area contributed by atoms with Gasteiger partial charge in [-0.05, 0) is 55.3 Å². The summed E-state index contributed by atoms with van der Waals surface area (Å²) in [6.07, 6.45) is 4.03. The second kappa shape index (κ2) is 9.82. The molecule has 1 aliphatic rings. The third-order valence-electron chi connectivity index (χ3n) is 5.06. The molecule has 8 nitrogen and oxygen atoms in total. The van der Waals surface area contributed by atoms with Crippen molar-refractivity contribution in [1.29, 1.82) is 0 Å². The van der Waals surface area contributed by atoms with Gasteiger partial charge in [-0.2, -0.15) is 0 Å². The van der Waals surface area contributed by atoms with Gasteiger partial charge in [-0.15, -0.1) is 0 Å². The first-order valence-electron chi connectivity index (χ1n) is 10.2. The zero-order chi connectivity index (χ0) is 22.4. The highest BCUT2D eigenvalue weighted by Crippen LogP contribution is 2.26. The van der Waals surface area contributed by atoms with Crippen molar-refractivity contribution >= 4 is 33.2 Å². The number of sulfonamides is 1. The molecule has 2 amide bonds. The number of carbonyl (C=O) groups is 2. The summed E-state index contributed by atoms with van der Waals surface area (Å²) in [5.41, 5.74) is 1.13. The fourth-order valence-corrected chi connectivity index (χ4v) is 4.59. The van der Waals surface area contributed by atoms with Crippen molar-refractivity contribution in [2.75, 3.05) is 30.2 Å². The maximum atomic E-state index is 13.1. The van der Waals surface area contributed by atoms with Gasteiger partial charge in [0, 0.05) is 31.4 Å². The van der Waals surface area contributed by atoms with E-state index in [0.29, 0.717) is 30.2 Å². The van der Waals surface area contributed by atoms with Crippen LogP contribution in [0.25, 0.3) is 0 Å². The number of likely N-dealkylation sites (tertiary alicyclic amines) is 1. The lowest BCUT2D eigenvalue weighted by Crippen LogP contribution is -2.32. The number of methoxy groups -OCH3 is 1. The molecule has 0 unspecified atom stereocenters. The molecule has 3 rings (SSSR count). The van der Waals surface area contributed by atoms with Crippen molar-refractivity contribution in [2.24, 2.45) is 0 Å². The summed E-state index contributed by atoms with van der Waals surface area (Å²) in [6, 6.07) is 10.6. The van der Waals surface area contributed by atoms with Crippen molar-refractivity contribution in [3.05, 3.63) is 48.0 Å². The van der Waals surface area contributed by atoms with Gasteiger partial charge in [-0.25, -0.2) is 8.42 Å². The molecule has 1 aliphatic heterocycles. The lowest BCUT2D eigenvalue weighted by Gasteiger charge is -2.22. The molecule has 0 bridgehead atoms. The molecule has 166 valence electrons. The fraction of sp³-hybridized carbons (Fsp3) is 0.364. The highest BCUT2D eigenvalue weighted by Gasteiger charge is 2.24. The molecule has 2 N–H and O–H groups in total. The van der Waals surface area contributed by atoms with Crippen LogP contribution in [0.3, 0.4) is 0 Å². The number of hydrogen-bond donors (Lipinski definition) is 2. The first-order valence-corrected chi connectivity index (χ1v) is 11.7. The zero-order valence-electron chi connectivity index (χ0n) is 17.7. The highest BCUT2D eigenvalue weighted by atomic mass is 32.2. The summed E-state index contributed by atoms with van der Waals surface area (Å²) in [6.45, 7) is 2.69. The first-order chi connectivity index (χ1) is 14.8. The van der Waals surface area contributed by atoms with Crippen LogP contribution in [0.5, 0.6) is 5.75 Å². The summed E-state index contributed by atoms with van der Waals surface area (Å²) in [7, 11) is -2.48. The average molecular weight is 446 g/mol. The normalized spacial score (nSPS) is 14.5. The number of hydrogen-bond acceptors (Lipinski definition) is 5. The van der Waals surface area contributed by atoms with E-state index in [1.807, 2.05) is 0 Å². The van der Waals surface area contributed by atoms with Crippen LogP contribution < -0.4 is 14.8 Å². The van der Waals surface area contributed by atoms with Crippen molar-refractivity contribution in [3.63, 3.8) is 0 Å². The summed E-state index contributed by atoms with van der Waals surface area (Å²) < 4.78 is 33.7. The number of benzene rings is 2. The average Bonchev–Trinajstić information content (AvgIpc) is 3.03. The topological polar surface area (TPSA) is 105 Å². The van der Waals surface area contributed by atoms with Gasteiger partial charge >= 0.3 is 0 Å². The number of anilines is 2. The second-order valence-electron chi connectivity index (χ2n) is 7.43. The molecule has 0 radical (unpaired) electrons. The maximum absolute atomic E-state index is 13.1. The van der Waals surface area contributed by atoms with Gasteiger partial charge in [-0.3, -0.25) is 14.3 Å². The zero-order valence-corrected chi connectivity index (χ0v) is 18.5. The largest absolute Gasteiger partial charge is 0.496 e. The van der Waals surface area contributed by atoms with E-state index in [4.69, 9.17) is 4.74 Å². The molecule has 1 fully saturated rings.